The summed E-state index contributed by atoms with van der Waals surface area (Å²) in [6, 6.07) is 0.316. The number of hydrogen-bond acceptors (Lipinski definition) is 4. The van der Waals surface area contributed by atoms with Crippen LogP contribution in [0, 0.1) is 0 Å². The predicted octanol–water partition coefficient (Wildman–Crippen LogP) is 2.48. The summed E-state index contributed by atoms with van der Waals surface area (Å²) in [5.41, 5.74) is 5.82. The lowest BCUT2D eigenvalue weighted by Gasteiger charge is -2.36. The van der Waals surface area contributed by atoms with Crippen LogP contribution in [0.25, 0.3) is 0 Å². The Kier molecular flexibility index (Phi) is 3.31. The first-order chi connectivity index (χ1) is 7.88. The van der Waals surface area contributed by atoms with Crippen molar-refractivity contribution in [2.45, 2.75) is 38.0 Å². The van der Waals surface area contributed by atoms with Gasteiger partial charge in [-0.2, -0.15) is 13.2 Å². The smallest absolute Gasteiger partial charge is 0.359 e. The van der Waals surface area contributed by atoms with Gasteiger partial charge in [-0.15, -0.1) is 0 Å². The minimum absolute atomic E-state index is 0.149. The van der Waals surface area contributed by atoms with Crippen LogP contribution in [-0.2, 0) is 6.18 Å². The molecule has 0 saturated carbocycles. The number of anilines is 1. The molecular formula is C10H14F3N3S. The van der Waals surface area contributed by atoms with Crippen LogP contribution in [0.15, 0.2) is 6.20 Å². The average molecular weight is 265 g/mol. The highest BCUT2D eigenvalue weighted by atomic mass is 32.1. The molecule has 3 nitrogen and oxygen atoms in total. The first-order valence-corrected chi connectivity index (χ1v) is 6.25. The Balaban J connectivity index is 2.15. The molecule has 2 unspecified atom stereocenters. The van der Waals surface area contributed by atoms with Gasteiger partial charge in [-0.05, 0) is 19.8 Å². The van der Waals surface area contributed by atoms with Gasteiger partial charge >= 0.3 is 6.18 Å². The number of hydrogen-bond donors (Lipinski definition) is 1. The molecule has 0 bridgehead atoms. The third-order valence-corrected chi connectivity index (χ3v) is 4.02. The molecule has 1 aromatic rings. The molecule has 1 fully saturated rings. The molecule has 1 aliphatic rings. The third-order valence-electron chi connectivity index (χ3n) is 2.94. The van der Waals surface area contributed by atoms with Crippen molar-refractivity contribution in [3.05, 3.63) is 11.2 Å². The van der Waals surface area contributed by atoms with Gasteiger partial charge in [0.25, 0.3) is 0 Å². The second-order valence-corrected chi connectivity index (χ2v) is 5.34. The molecule has 1 saturated heterocycles. The number of nitrogens with zero attached hydrogens (tertiary/aromatic N) is 2. The number of piperidine rings is 1. The van der Waals surface area contributed by atoms with E-state index in [9.17, 15) is 13.2 Å². The van der Waals surface area contributed by atoms with Gasteiger partial charge in [0.2, 0.25) is 0 Å². The standard InChI is InChI=1S/C10H14F3N3S/c1-6-4-7(14)2-3-16(6)8-5-15-9(17-8)10(11,12)13/h5-7H,2-4,14H2,1H3. The zero-order chi connectivity index (χ0) is 12.6. The maximum Gasteiger partial charge on any atom is 0.443 e. The Hall–Kier alpha value is -0.820. The van der Waals surface area contributed by atoms with Crippen molar-refractivity contribution in [2.75, 3.05) is 11.4 Å². The van der Waals surface area contributed by atoms with E-state index < -0.39 is 11.2 Å². The monoisotopic (exact) mass is 265 g/mol. The fourth-order valence-electron chi connectivity index (χ4n) is 2.07. The number of thiazole rings is 1. The van der Waals surface area contributed by atoms with E-state index >= 15 is 0 Å². The number of rotatable bonds is 1. The van der Waals surface area contributed by atoms with Gasteiger partial charge < -0.3 is 10.6 Å². The Morgan fingerprint density at radius 1 is 1.53 bits per heavy atom. The normalized spacial score (nSPS) is 26.3. The molecule has 2 heterocycles. The highest BCUT2D eigenvalue weighted by Crippen LogP contribution is 2.37. The molecule has 2 rings (SSSR count). The van der Waals surface area contributed by atoms with Gasteiger partial charge in [-0.25, -0.2) is 4.98 Å². The average Bonchev–Trinajstić information content (AvgIpc) is 2.65. The van der Waals surface area contributed by atoms with E-state index in [4.69, 9.17) is 5.73 Å². The minimum atomic E-state index is -4.35. The van der Waals surface area contributed by atoms with Crippen molar-refractivity contribution >= 4 is 16.3 Å². The summed E-state index contributed by atoms with van der Waals surface area (Å²) in [5.74, 6) is 0. The molecule has 0 aromatic carbocycles. The number of alkyl halides is 3. The summed E-state index contributed by atoms with van der Waals surface area (Å²) >= 11 is 0.700. The van der Waals surface area contributed by atoms with Gasteiger partial charge in [0.1, 0.15) is 5.00 Å². The first kappa shape index (κ1) is 12.6. The number of halogens is 3. The summed E-state index contributed by atoms with van der Waals surface area (Å²) in [4.78, 5) is 5.39. The van der Waals surface area contributed by atoms with Crippen LogP contribution in [0.2, 0.25) is 0 Å². The molecule has 2 atom stereocenters. The molecule has 0 aliphatic carbocycles. The van der Waals surface area contributed by atoms with E-state index in [2.05, 4.69) is 4.98 Å². The van der Waals surface area contributed by atoms with E-state index in [-0.39, 0.29) is 12.1 Å². The Bertz CT molecular complexity index is 390. The topological polar surface area (TPSA) is 42.1 Å². The summed E-state index contributed by atoms with van der Waals surface area (Å²) in [6.45, 7) is 2.67. The molecule has 17 heavy (non-hydrogen) atoms. The van der Waals surface area contributed by atoms with Gasteiger partial charge in [0.05, 0.1) is 6.20 Å². The van der Waals surface area contributed by atoms with Crippen LogP contribution in [-0.4, -0.2) is 23.6 Å². The lowest BCUT2D eigenvalue weighted by Crippen LogP contribution is -2.45. The van der Waals surface area contributed by atoms with E-state index in [0.717, 1.165) is 12.8 Å². The highest BCUT2D eigenvalue weighted by molar-refractivity contribution is 7.15. The molecule has 2 N–H and O–H groups in total. The zero-order valence-electron chi connectivity index (χ0n) is 9.37. The summed E-state index contributed by atoms with van der Waals surface area (Å²) in [5, 5.41) is -0.203. The summed E-state index contributed by atoms with van der Waals surface area (Å²) < 4.78 is 37.3. The zero-order valence-corrected chi connectivity index (χ0v) is 10.2. The van der Waals surface area contributed by atoms with Crippen molar-refractivity contribution in [3.8, 4) is 0 Å². The van der Waals surface area contributed by atoms with Gasteiger partial charge in [0.15, 0.2) is 5.01 Å². The molecule has 1 aliphatic heterocycles. The first-order valence-electron chi connectivity index (χ1n) is 5.43. The lowest BCUT2D eigenvalue weighted by atomic mass is 10.00. The Morgan fingerprint density at radius 3 is 2.76 bits per heavy atom. The SMILES string of the molecule is CC1CC(N)CCN1c1cnc(C(F)(F)F)s1. The maximum absolute atomic E-state index is 12.4. The van der Waals surface area contributed by atoms with Crippen molar-refractivity contribution < 1.29 is 13.2 Å². The van der Waals surface area contributed by atoms with E-state index in [1.54, 1.807) is 0 Å². The van der Waals surface area contributed by atoms with Crippen LogP contribution >= 0.6 is 11.3 Å². The quantitative estimate of drug-likeness (QED) is 0.848. The van der Waals surface area contributed by atoms with Crippen LogP contribution in [0.5, 0.6) is 0 Å². The molecule has 96 valence electrons. The predicted molar refractivity (Wildman–Crippen MR) is 61.1 cm³/mol. The third kappa shape index (κ3) is 2.71. The fourth-order valence-corrected chi connectivity index (χ4v) is 2.98. The molecular weight excluding hydrogens is 251 g/mol. The van der Waals surface area contributed by atoms with Crippen LogP contribution < -0.4 is 10.6 Å². The Labute approximate surface area is 101 Å². The van der Waals surface area contributed by atoms with E-state index in [0.29, 0.717) is 22.9 Å². The van der Waals surface area contributed by atoms with Crippen LogP contribution in [0.3, 0.4) is 0 Å². The van der Waals surface area contributed by atoms with E-state index in [1.807, 2.05) is 11.8 Å². The van der Waals surface area contributed by atoms with Crippen LogP contribution in [0.1, 0.15) is 24.8 Å². The molecule has 1 aromatic heterocycles. The molecule has 0 amide bonds. The summed E-state index contributed by atoms with van der Waals surface area (Å²) in [7, 11) is 0. The van der Waals surface area contributed by atoms with Crippen molar-refractivity contribution in [1.29, 1.82) is 0 Å². The lowest BCUT2D eigenvalue weighted by molar-refractivity contribution is -0.137. The highest BCUT2D eigenvalue weighted by Gasteiger charge is 2.36. The van der Waals surface area contributed by atoms with Crippen molar-refractivity contribution in [2.24, 2.45) is 5.73 Å². The van der Waals surface area contributed by atoms with Crippen molar-refractivity contribution in [1.82, 2.24) is 4.98 Å². The van der Waals surface area contributed by atoms with Crippen molar-refractivity contribution in [3.63, 3.8) is 0 Å². The number of aromatic nitrogens is 1. The summed E-state index contributed by atoms with van der Waals surface area (Å²) in [6.07, 6.45) is -1.43. The fraction of sp³-hybridized carbons (Fsp3) is 0.700. The maximum atomic E-state index is 12.4. The molecule has 0 spiro atoms. The van der Waals surface area contributed by atoms with Gasteiger partial charge in [-0.3, -0.25) is 0 Å². The minimum Gasteiger partial charge on any atom is -0.359 e. The second-order valence-electron chi connectivity index (χ2n) is 4.33. The van der Waals surface area contributed by atoms with E-state index in [1.165, 1.54) is 6.20 Å². The van der Waals surface area contributed by atoms with Gasteiger partial charge in [0, 0.05) is 18.6 Å². The largest absolute Gasteiger partial charge is 0.443 e. The number of nitrogens with two attached hydrogens (primary N) is 1. The van der Waals surface area contributed by atoms with Gasteiger partial charge in [-0.1, -0.05) is 11.3 Å². The molecule has 0 radical (unpaired) electrons. The Morgan fingerprint density at radius 2 is 2.24 bits per heavy atom. The second kappa shape index (κ2) is 4.45. The molecule has 7 heteroatoms. The van der Waals surface area contributed by atoms with Crippen LogP contribution in [0.4, 0.5) is 18.2 Å².